The van der Waals surface area contributed by atoms with Crippen LogP contribution in [-0.2, 0) is 13.0 Å². The Morgan fingerprint density at radius 3 is 2.82 bits per heavy atom. The quantitative estimate of drug-likeness (QED) is 0.906. The van der Waals surface area contributed by atoms with Crippen molar-refractivity contribution in [1.29, 1.82) is 0 Å². The van der Waals surface area contributed by atoms with E-state index in [0.29, 0.717) is 6.42 Å². The normalized spacial score (nSPS) is 12.9. The molecule has 0 aliphatic rings. The number of thiazole rings is 1. The lowest BCUT2D eigenvalue weighted by Gasteiger charge is -2.10. The first-order valence-electron chi connectivity index (χ1n) is 5.73. The molecular weight excluding hydrogens is 234 g/mol. The van der Waals surface area contributed by atoms with E-state index in [1.807, 2.05) is 36.9 Å². The van der Waals surface area contributed by atoms with Gasteiger partial charge in [0.25, 0.3) is 0 Å². The zero-order valence-corrected chi connectivity index (χ0v) is 11.2. The molecule has 2 aromatic heterocycles. The number of aliphatic hydroxyl groups is 1. The van der Waals surface area contributed by atoms with Crippen LogP contribution >= 0.6 is 11.3 Å². The third-order valence-electron chi connectivity index (χ3n) is 2.64. The van der Waals surface area contributed by atoms with Crippen LogP contribution in [0.4, 0.5) is 0 Å². The summed E-state index contributed by atoms with van der Waals surface area (Å²) < 4.78 is 1.85. The highest BCUT2D eigenvalue weighted by Crippen LogP contribution is 2.20. The molecule has 2 heterocycles. The summed E-state index contributed by atoms with van der Waals surface area (Å²) in [6.07, 6.45) is 0.0211. The van der Waals surface area contributed by atoms with Crippen LogP contribution in [0, 0.1) is 13.8 Å². The monoisotopic (exact) mass is 251 g/mol. The smallest absolute Gasteiger partial charge is 0.101 e. The second-order valence-corrected chi connectivity index (χ2v) is 5.17. The van der Waals surface area contributed by atoms with E-state index in [1.165, 1.54) is 0 Å². The standard InChI is InChI=1S/C12H17N3OS/c1-4-15-11(5-8(2)14-15)12(16)6-10-7-17-9(3)13-10/h5,7,12,16H,4,6H2,1-3H3. The highest BCUT2D eigenvalue weighted by atomic mass is 32.1. The Morgan fingerprint density at radius 1 is 1.47 bits per heavy atom. The molecular formula is C12H17N3OS. The molecule has 0 aromatic carbocycles. The first-order chi connectivity index (χ1) is 8.10. The molecule has 0 amide bonds. The van der Waals surface area contributed by atoms with Crippen molar-refractivity contribution in [3.63, 3.8) is 0 Å². The van der Waals surface area contributed by atoms with Gasteiger partial charge in [0.05, 0.1) is 22.1 Å². The molecule has 0 fully saturated rings. The first kappa shape index (κ1) is 12.3. The SMILES string of the molecule is CCn1nc(C)cc1C(O)Cc1csc(C)n1. The fourth-order valence-electron chi connectivity index (χ4n) is 1.89. The summed E-state index contributed by atoms with van der Waals surface area (Å²) in [5, 5.41) is 17.6. The predicted molar refractivity (Wildman–Crippen MR) is 68.2 cm³/mol. The van der Waals surface area contributed by atoms with Crippen molar-refractivity contribution in [2.24, 2.45) is 0 Å². The summed E-state index contributed by atoms with van der Waals surface area (Å²) in [5.41, 5.74) is 2.76. The molecule has 0 saturated carbocycles. The third-order valence-corrected chi connectivity index (χ3v) is 3.47. The molecule has 1 unspecified atom stereocenters. The number of rotatable bonds is 4. The zero-order valence-electron chi connectivity index (χ0n) is 10.3. The van der Waals surface area contributed by atoms with Gasteiger partial charge in [0.15, 0.2) is 0 Å². The molecule has 2 rings (SSSR count). The van der Waals surface area contributed by atoms with E-state index in [1.54, 1.807) is 11.3 Å². The second kappa shape index (κ2) is 4.98. The maximum atomic E-state index is 10.2. The van der Waals surface area contributed by atoms with Crippen LogP contribution in [0.2, 0.25) is 0 Å². The van der Waals surface area contributed by atoms with Gasteiger partial charge in [-0.1, -0.05) is 0 Å². The molecule has 17 heavy (non-hydrogen) atoms. The molecule has 0 saturated heterocycles. The van der Waals surface area contributed by atoms with E-state index in [0.717, 1.165) is 28.6 Å². The van der Waals surface area contributed by atoms with Crippen molar-refractivity contribution in [3.05, 3.63) is 33.5 Å². The Kier molecular flexibility index (Phi) is 3.59. The lowest BCUT2D eigenvalue weighted by molar-refractivity contribution is 0.166. The highest BCUT2D eigenvalue weighted by Gasteiger charge is 2.15. The van der Waals surface area contributed by atoms with Crippen molar-refractivity contribution in [3.8, 4) is 0 Å². The van der Waals surface area contributed by atoms with E-state index in [9.17, 15) is 5.11 Å². The van der Waals surface area contributed by atoms with Crippen molar-refractivity contribution < 1.29 is 5.11 Å². The molecule has 2 aromatic rings. The van der Waals surface area contributed by atoms with Crippen LogP contribution in [0.5, 0.6) is 0 Å². The molecule has 0 bridgehead atoms. The molecule has 0 aliphatic carbocycles. The Balaban J connectivity index is 2.16. The number of aryl methyl sites for hydroxylation is 3. The minimum absolute atomic E-state index is 0.530. The summed E-state index contributed by atoms with van der Waals surface area (Å²) in [5.74, 6) is 0. The van der Waals surface area contributed by atoms with Gasteiger partial charge in [-0.2, -0.15) is 5.10 Å². The molecule has 1 atom stereocenters. The van der Waals surface area contributed by atoms with Crippen molar-refractivity contribution >= 4 is 11.3 Å². The van der Waals surface area contributed by atoms with E-state index >= 15 is 0 Å². The molecule has 0 radical (unpaired) electrons. The van der Waals surface area contributed by atoms with Crippen LogP contribution < -0.4 is 0 Å². The van der Waals surface area contributed by atoms with Crippen LogP contribution in [0.3, 0.4) is 0 Å². The lowest BCUT2D eigenvalue weighted by Crippen LogP contribution is -2.10. The van der Waals surface area contributed by atoms with E-state index < -0.39 is 6.10 Å². The van der Waals surface area contributed by atoms with Gasteiger partial charge in [-0.25, -0.2) is 4.98 Å². The maximum absolute atomic E-state index is 10.2. The minimum atomic E-state index is -0.530. The molecule has 0 aliphatic heterocycles. The van der Waals surface area contributed by atoms with Crippen molar-refractivity contribution in [2.45, 2.75) is 39.8 Å². The Bertz CT molecular complexity index is 504. The summed E-state index contributed by atoms with van der Waals surface area (Å²) >= 11 is 1.61. The number of aromatic nitrogens is 3. The zero-order chi connectivity index (χ0) is 12.4. The van der Waals surface area contributed by atoms with E-state index in [-0.39, 0.29) is 0 Å². The Hall–Kier alpha value is -1.20. The van der Waals surface area contributed by atoms with Crippen molar-refractivity contribution in [2.75, 3.05) is 0 Å². The first-order valence-corrected chi connectivity index (χ1v) is 6.61. The van der Waals surface area contributed by atoms with Gasteiger partial charge in [-0.3, -0.25) is 4.68 Å². The van der Waals surface area contributed by atoms with Gasteiger partial charge in [0, 0.05) is 18.3 Å². The number of aliphatic hydroxyl groups excluding tert-OH is 1. The Labute approximate surface area is 105 Å². The average Bonchev–Trinajstić information content (AvgIpc) is 2.84. The second-order valence-electron chi connectivity index (χ2n) is 4.10. The van der Waals surface area contributed by atoms with Crippen molar-refractivity contribution in [1.82, 2.24) is 14.8 Å². The van der Waals surface area contributed by atoms with Gasteiger partial charge in [0.1, 0.15) is 6.10 Å². The highest BCUT2D eigenvalue weighted by molar-refractivity contribution is 7.09. The van der Waals surface area contributed by atoms with Crippen LogP contribution in [0.1, 0.15) is 35.1 Å². The van der Waals surface area contributed by atoms with Crippen LogP contribution in [0.15, 0.2) is 11.4 Å². The Morgan fingerprint density at radius 2 is 2.24 bits per heavy atom. The molecule has 4 nitrogen and oxygen atoms in total. The fourth-order valence-corrected chi connectivity index (χ4v) is 2.52. The van der Waals surface area contributed by atoms with E-state index in [2.05, 4.69) is 10.1 Å². The summed E-state index contributed by atoms with van der Waals surface area (Å²) in [4.78, 5) is 4.37. The maximum Gasteiger partial charge on any atom is 0.101 e. The van der Waals surface area contributed by atoms with Crippen LogP contribution in [-0.4, -0.2) is 19.9 Å². The summed E-state index contributed by atoms with van der Waals surface area (Å²) in [6.45, 7) is 6.71. The van der Waals surface area contributed by atoms with Crippen LogP contribution in [0.25, 0.3) is 0 Å². The van der Waals surface area contributed by atoms with Gasteiger partial charge in [-0.15, -0.1) is 11.3 Å². The molecule has 0 spiro atoms. The number of nitrogens with zero attached hydrogens (tertiary/aromatic N) is 3. The molecule has 5 heteroatoms. The minimum Gasteiger partial charge on any atom is -0.386 e. The summed E-state index contributed by atoms with van der Waals surface area (Å²) in [7, 11) is 0. The van der Waals surface area contributed by atoms with Gasteiger partial charge >= 0.3 is 0 Å². The van der Waals surface area contributed by atoms with E-state index in [4.69, 9.17) is 0 Å². The van der Waals surface area contributed by atoms with Gasteiger partial charge < -0.3 is 5.11 Å². The van der Waals surface area contributed by atoms with Gasteiger partial charge in [0.2, 0.25) is 0 Å². The molecule has 92 valence electrons. The largest absolute Gasteiger partial charge is 0.386 e. The lowest BCUT2D eigenvalue weighted by atomic mass is 10.1. The van der Waals surface area contributed by atoms with Gasteiger partial charge in [-0.05, 0) is 26.8 Å². The predicted octanol–water partition coefficient (Wildman–Crippen LogP) is 2.25. The fraction of sp³-hybridized carbons (Fsp3) is 0.500. The topological polar surface area (TPSA) is 50.9 Å². The number of hydrogen-bond acceptors (Lipinski definition) is 4. The molecule has 1 N–H and O–H groups in total. The number of hydrogen-bond donors (Lipinski definition) is 1. The third kappa shape index (κ3) is 2.73. The average molecular weight is 251 g/mol. The summed E-state index contributed by atoms with van der Waals surface area (Å²) in [6, 6.07) is 1.94.